The highest BCUT2D eigenvalue weighted by Crippen LogP contribution is 2.09. The third-order valence-corrected chi connectivity index (χ3v) is 1.58. The SMILES string of the molecule is COC(=O)[C@H](N)CCC(=O)OC(C)(C)C.Cl. The predicted octanol–water partition coefficient (Wildman–Crippen LogP) is 1.03. The van der Waals surface area contributed by atoms with Crippen LogP contribution in [0.4, 0.5) is 0 Å². The third-order valence-electron chi connectivity index (χ3n) is 1.58. The van der Waals surface area contributed by atoms with E-state index >= 15 is 0 Å². The van der Waals surface area contributed by atoms with Crippen molar-refractivity contribution < 1.29 is 19.1 Å². The van der Waals surface area contributed by atoms with Crippen molar-refractivity contribution in [1.82, 2.24) is 0 Å². The molecule has 0 aromatic rings. The van der Waals surface area contributed by atoms with Gasteiger partial charge in [-0.05, 0) is 27.2 Å². The number of rotatable bonds is 4. The molecule has 0 aromatic carbocycles. The summed E-state index contributed by atoms with van der Waals surface area (Å²) in [5.41, 5.74) is 4.95. The van der Waals surface area contributed by atoms with E-state index in [1.165, 1.54) is 7.11 Å². The highest BCUT2D eigenvalue weighted by Gasteiger charge is 2.19. The highest BCUT2D eigenvalue weighted by molar-refractivity contribution is 5.85. The monoisotopic (exact) mass is 253 g/mol. The summed E-state index contributed by atoms with van der Waals surface area (Å²) in [7, 11) is 1.26. The van der Waals surface area contributed by atoms with Gasteiger partial charge < -0.3 is 15.2 Å². The minimum atomic E-state index is -0.762. The number of methoxy groups -OCH3 is 1. The molecule has 0 aliphatic heterocycles. The number of esters is 2. The molecule has 1 atom stereocenters. The smallest absolute Gasteiger partial charge is 0.322 e. The molecule has 0 saturated carbocycles. The lowest BCUT2D eigenvalue weighted by molar-refractivity contribution is -0.155. The third kappa shape index (κ3) is 8.49. The fraction of sp³-hybridized carbons (Fsp3) is 0.800. The molecular weight excluding hydrogens is 234 g/mol. The first kappa shape index (κ1) is 17.6. The van der Waals surface area contributed by atoms with Crippen molar-refractivity contribution >= 4 is 24.3 Å². The van der Waals surface area contributed by atoms with Crippen molar-refractivity contribution in [3.63, 3.8) is 0 Å². The summed E-state index contributed by atoms with van der Waals surface area (Å²) >= 11 is 0. The van der Waals surface area contributed by atoms with Crippen molar-refractivity contribution in [2.24, 2.45) is 5.73 Å². The molecule has 6 heteroatoms. The maximum Gasteiger partial charge on any atom is 0.322 e. The Labute approximate surface area is 102 Å². The summed E-state index contributed by atoms with van der Waals surface area (Å²) in [6.07, 6.45) is 0.356. The summed E-state index contributed by atoms with van der Waals surface area (Å²) in [6, 6.07) is -0.762. The molecule has 0 amide bonds. The molecule has 0 aliphatic carbocycles. The van der Waals surface area contributed by atoms with E-state index in [-0.39, 0.29) is 31.2 Å². The first-order valence-electron chi connectivity index (χ1n) is 4.81. The van der Waals surface area contributed by atoms with Gasteiger partial charge in [-0.25, -0.2) is 0 Å². The maximum absolute atomic E-state index is 11.2. The van der Waals surface area contributed by atoms with Gasteiger partial charge in [-0.15, -0.1) is 12.4 Å². The molecule has 0 heterocycles. The molecule has 0 fully saturated rings. The van der Waals surface area contributed by atoms with E-state index in [0.717, 1.165) is 0 Å². The Morgan fingerprint density at radius 2 is 1.81 bits per heavy atom. The maximum atomic E-state index is 11.2. The Morgan fingerprint density at radius 3 is 2.19 bits per heavy atom. The molecule has 0 aliphatic rings. The average molecular weight is 254 g/mol. The minimum absolute atomic E-state index is 0. The number of carbonyl (C=O) groups excluding carboxylic acids is 2. The van der Waals surface area contributed by atoms with Crippen molar-refractivity contribution in [1.29, 1.82) is 0 Å². The number of carbonyl (C=O) groups is 2. The summed E-state index contributed by atoms with van der Waals surface area (Å²) < 4.78 is 9.48. The van der Waals surface area contributed by atoms with Gasteiger partial charge >= 0.3 is 11.9 Å². The van der Waals surface area contributed by atoms with Gasteiger partial charge in [0.05, 0.1) is 7.11 Å². The zero-order valence-corrected chi connectivity index (χ0v) is 10.9. The second kappa shape index (κ2) is 7.46. The van der Waals surface area contributed by atoms with Crippen molar-refractivity contribution in [3.05, 3.63) is 0 Å². The van der Waals surface area contributed by atoms with Gasteiger partial charge in [-0.2, -0.15) is 0 Å². The Balaban J connectivity index is 0. The first-order valence-corrected chi connectivity index (χ1v) is 4.81. The number of nitrogens with two attached hydrogens (primary N) is 1. The fourth-order valence-corrected chi connectivity index (χ4v) is 0.935. The molecule has 0 saturated heterocycles. The molecule has 0 rings (SSSR count). The van der Waals surface area contributed by atoms with Crippen molar-refractivity contribution in [2.75, 3.05) is 7.11 Å². The Kier molecular flexibility index (Phi) is 8.20. The molecule has 96 valence electrons. The number of hydrogen-bond donors (Lipinski definition) is 1. The standard InChI is InChI=1S/C10H19NO4.ClH/c1-10(2,3)15-8(12)6-5-7(11)9(13)14-4;/h7H,5-6,11H2,1-4H3;1H/t7-;/m1./s1. The number of hydrogen-bond acceptors (Lipinski definition) is 5. The molecule has 0 spiro atoms. The molecule has 5 nitrogen and oxygen atoms in total. The Hall–Kier alpha value is -0.810. The van der Waals surface area contributed by atoms with Crippen LogP contribution in [-0.4, -0.2) is 30.7 Å². The van der Waals surface area contributed by atoms with E-state index in [9.17, 15) is 9.59 Å². The molecule has 0 bridgehead atoms. The van der Waals surface area contributed by atoms with Crippen molar-refractivity contribution in [2.45, 2.75) is 45.3 Å². The van der Waals surface area contributed by atoms with Crippen LogP contribution in [0.25, 0.3) is 0 Å². The second-order valence-electron chi connectivity index (χ2n) is 4.25. The van der Waals surface area contributed by atoms with Crippen LogP contribution in [0, 0.1) is 0 Å². The van der Waals surface area contributed by atoms with Crippen LogP contribution in [0.2, 0.25) is 0 Å². The van der Waals surface area contributed by atoms with Crippen LogP contribution >= 0.6 is 12.4 Å². The molecule has 0 radical (unpaired) electrons. The summed E-state index contributed by atoms with van der Waals surface area (Å²) in [4.78, 5) is 22.2. The van der Waals surface area contributed by atoms with Gasteiger partial charge in [0.2, 0.25) is 0 Å². The average Bonchev–Trinajstić information content (AvgIpc) is 2.10. The second-order valence-corrected chi connectivity index (χ2v) is 4.25. The van der Waals surface area contributed by atoms with Gasteiger partial charge in [0.15, 0.2) is 0 Å². The summed E-state index contributed by atoms with van der Waals surface area (Å²) in [5.74, 6) is -0.875. The molecule has 2 N–H and O–H groups in total. The van der Waals surface area contributed by atoms with E-state index in [1.807, 2.05) is 0 Å². The Bertz CT molecular complexity index is 237. The van der Waals surface area contributed by atoms with Crippen LogP contribution in [0.15, 0.2) is 0 Å². The molecular formula is C10H20ClNO4. The van der Waals surface area contributed by atoms with Gasteiger partial charge in [-0.1, -0.05) is 0 Å². The summed E-state index contributed by atoms with van der Waals surface area (Å²) in [6.45, 7) is 5.35. The zero-order chi connectivity index (χ0) is 12.1. The normalized spacial score (nSPS) is 12.3. The lowest BCUT2D eigenvalue weighted by Crippen LogP contribution is -2.33. The predicted molar refractivity (Wildman–Crippen MR) is 62.3 cm³/mol. The molecule has 16 heavy (non-hydrogen) atoms. The van der Waals surface area contributed by atoms with Crippen LogP contribution < -0.4 is 5.73 Å². The largest absolute Gasteiger partial charge is 0.468 e. The van der Waals surface area contributed by atoms with Gasteiger partial charge in [-0.3, -0.25) is 9.59 Å². The van der Waals surface area contributed by atoms with E-state index < -0.39 is 17.6 Å². The molecule has 0 aromatic heterocycles. The van der Waals surface area contributed by atoms with Crippen LogP contribution in [0.5, 0.6) is 0 Å². The van der Waals surface area contributed by atoms with E-state index in [0.29, 0.717) is 0 Å². The minimum Gasteiger partial charge on any atom is -0.468 e. The fourth-order valence-electron chi connectivity index (χ4n) is 0.935. The number of halogens is 1. The lowest BCUT2D eigenvalue weighted by Gasteiger charge is -2.19. The lowest BCUT2D eigenvalue weighted by atomic mass is 10.1. The van der Waals surface area contributed by atoms with E-state index in [2.05, 4.69) is 4.74 Å². The van der Waals surface area contributed by atoms with Crippen LogP contribution in [-0.2, 0) is 19.1 Å². The van der Waals surface area contributed by atoms with Gasteiger partial charge in [0.25, 0.3) is 0 Å². The Morgan fingerprint density at radius 1 is 1.31 bits per heavy atom. The van der Waals surface area contributed by atoms with Crippen LogP contribution in [0.1, 0.15) is 33.6 Å². The quantitative estimate of drug-likeness (QED) is 0.757. The van der Waals surface area contributed by atoms with Crippen molar-refractivity contribution in [3.8, 4) is 0 Å². The summed E-state index contributed by atoms with van der Waals surface area (Å²) in [5, 5.41) is 0. The topological polar surface area (TPSA) is 78.6 Å². The number of ether oxygens (including phenoxy) is 2. The zero-order valence-electron chi connectivity index (χ0n) is 10.1. The van der Waals surface area contributed by atoms with E-state index in [4.69, 9.17) is 10.5 Å². The van der Waals surface area contributed by atoms with Gasteiger partial charge in [0, 0.05) is 6.42 Å². The van der Waals surface area contributed by atoms with Crippen LogP contribution in [0.3, 0.4) is 0 Å². The molecule has 0 unspecified atom stereocenters. The highest BCUT2D eigenvalue weighted by atomic mass is 35.5. The van der Waals surface area contributed by atoms with Gasteiger partial charge in [0.1, 0.15) is 11.6 Å². The first-order chi connectivity index (χ1) is 6.76. The van der Waals surface area contributed by atoms with E-state index in [1.54, 1.807) is 20.8 Å².